The van der Waals surface area contributed by atoms with E-state index in [9.17, 15) is 0 Å². The highest BCUT2D eigenvalue weighted by Gasteiger charge is 2.56. The predicted octanol–water partition coefficient (Wildman–Crippen LogP) is 10.5. The summed E-state index contributed by atoms with van der Waals surface area (Å²) < 4.78 is 2.54. The second-order valence-electron chi connectivity index (χ2n) is 12.5. The lowest BCUT2D eigenvalue weighted by atomic mass is 9.60. The first-order valence-electron chi connectivity index (χ1n) is 15.8. The third kappa shape index (κ3) is 4.48. The summed E-state index contributed by atoms with van der Waals surface area (Å²) in [7, 11) is 0. The van der Waals surface area contributed by atoms with Gasteiger partial charge in [-0.15, -0.1) is 0 Å². The Morgan fingerprint density at radius 3 is 1.77 bits per heavy atom. The molecule has 0 aliphatic carbocycles. The predicted molar refractivity (Wildman–Crippen MR) is 183 cm³/mol. The molecule has 1 aliphatic rings. The van der Waals surface area contributed by atoms with Gasteiger partial charge in [-0.05, 0) is 112 Å². The maximum Gasteiger partial charge on any atom is 0.213 e. The van der Waals surface area contributed by atoms with Crippen LogP contribution >= 0.6 is 0 Å². The summed E-state index contributed by atoms with van der Waals surface area (Å²) >= 11 is 0. The third-order valence-corrected chi connectivity index (χ3v) is 10.4. The zero-order chi connectivity index (χ0) is 30.3. The van der Waals surface area contributed by atoms with Crippen molar-refractivity contribution in [2.24, 2.45) is 0 Å². The summed E-state index contributed by atoms with van der Waals surface area (Å²) in [6.45, 7) is 9.56. The van der Waals surface area contributed by atoms with Gasteiger partial charge in [-0.2, -0.15) is 4.57 Å². The summed E-state index contributed by atoms with van der Waals surface area (Å²) in [5, 5.41) is 0. The van der Waals surface area contributed by atoms with Crippen LogP contribution in [0.15, 0.2) is 140 Å². The molecule has 0 fully saturated rings. The Balaban J connectivity index is 1.36. The molecular formula is C42H39N2+. The SMILES string of the molecule is CCC1(C)c2ccc(-c3cccc(-c4cc(-c5ccccc5)cc(-c5ccncc5)c4)c3)cc2-c2cccc[n+]2C1(C)CC. The second-order valence-corrected chi connectivity index (χ2v) is 12.5. The van der Waals surface area contributed by atoms with Gasteiger partial charge in [0.1, 0.15) is 0 Å². The molecule has 0 radical (unpaired) electrons. The van der Waals surface area contributed by atoms with Crippen LogP contribution < -0.4 is 4.57 Å². The molecular weight excluding hydrogens is 532 g/mol. The Morgan fingerprint density at radius 2 is 1.09 bits per heavy atom. The first kappa shape index (κ1) is 28.0. The van der Waals surface area contributed by atoms with E-state index in [1.54, 1.807) is 0 Å². The van der Waals surface area contributed by atoms with Crippen LogP contribution in [0, 0.1) is 0 Å². The fraction of sp³-hybridized carbons (Fsp3) is 0.190. The van der Waals surface area contributed by atoms with E-state index in [-0.39, 0.29) is 11.0 Å². The number of aromatic nitrogens is 2. The summed E-state index contributed by atoms with van der Waals surface area (Å²) in [6.07, 6.45) is 8.17. The van der Waals surface area contributed by atoms with Crippen molar-refractivity contribution in [3.8, 4) is 55.8 Å². The highest BCUT2D eigenvalue weighted by Crippen LogP contribution is 2.50. The van der Waals surface area contributed by atoms with Crippen LogP contribution in [0.3, 0.4) is 0 Å². The number of hydrogen-bond donors (Lipinski definition) is 0. The Labute approximate surface area is 261 Å². The minimum absolute atomic E-state index is 0.00305. The molecule has 1 aliphatic heterocycles. The van der Waals surface area contributed by atoms with Gasteiger partial charge in [0.25, 0.3) is 0 Å². The topological polar surface area (TPSA) is 16.8 Å². The first-order chi connectivity index (χ1) is 21.4. The standard InChI is InChI=1S/C42H39N2/c1-5-41(3)39-19-18-34(29-38(39)40-17-10-11-24-44(40)42(41,4)6-2)32-15-12-16-33(25-32)37-27-35(30-13-8-7-9-14-30)26-36(28-37)31-20-22-43-23-21-31/h7-29H,5-6H2,1-4H3/q+1. The van der Waals surface area contributed by atoms with Crippen LogP contribution in [0.1, 0.15) is 46.1 Å². The van der Waals surface area contributed by atoms with Gasteiger partial charge in [0, 0.05) is 37.9 Å². The van der Waals surface area contributed by atoms with E-state index in [1.807, 2.05) is 12.4 Å². The Hall–Kier alpha value is -4.82. The van der Waals surface area contributed by atoms with Crippen molar-refractivity contribution < 1.29 is 4.57 Å². The number of benzene rings is 4. The van der Waals surface area contributed by atoms with E-state index < -0.39 is 0 Å². The van der Waals surface area contributed by atoms with E-state index in [0.717, 1.165) is 12.8 Å². The Morgan fingerprint density at radius 1 is 0.523 bits per heavy atom. The molecule has 0 amide bonds. The number of fused-ring (bicyclic) bond motifs is 3. The molecule has 44 heavy (non-hydrogen) atoms. The van der Waals surface area contributed by atoms with Crippen LogP contribution in [-0.2, 0) is 11.0 Å². The lowest BCUT2D eigenvalue weighted by molar-refractivity contribution is -0.765. The van der Waals surface area contributed by atoms with Crippen LogP contribution in [-0.4, -0.2) is 4.98 Å². The molecule has 0 bridgehead atoms. The van der Waals surface area contributed by atoms with Crippen molar-refractivity contribution in [1.29, 1.82) is 0 Å². The van der Waals surface area contributed by atoms with Gasteiger partial charge in [-0.1, -0.05) is 74.5 Å². The summed E-state index contributed by atoms with van der Waals surface area (Å²) in [5.74, 6) is 0. The third-order valence-electron chi connectivity index (χ3n) is 10.4. The van der Waals surface area contributed by atoms with Gasteiger partial charge < -0.3 is 0 Å². The zero-order valence-electron chi connectivity index (χ0n) is 26.1. The number of pyridine rings is 2. The van der Waals surface area contributed by atoms with E-state index in [1.165, 1.54) is 61.3 Å². The van der Waals surface area contributed by atoms with Crippen LogP contribution in [0.4, 0.5) is 0 Å². The average Bonchev–Trinajstić information content (AvgIpc) is 3.11. The Bertz CT molecular complexity index is 1900. The zero-order valence-corrected chi connectivity index (χ0v) is 26.1. The maximum atomic E-state index is 4.25. The lowest BCUT2D eigenvalue weighted by Gasteiger charge is -2.46. The van der Waals surface area contributed by atoms with Gasteiger partial charge in [0.15, 0.2) is 11.7 Å². The summed E-state index contributed by atoms with van der Waals surface area (Å²) in [4.78, 5) is 4.25. The smallest absolute Gasteiger partial charge is 0.213 e. The quantitative estimate of drug-likeness (QED) is 0.182. The highest BCUT2D eigenvalue weighted by atomic mass is 15.1. The lowest BCUT2D eigenvalue weighted by Crippen LogP contribution is -2.67. The number of nitrogens with zero attached hydrogens (tertiary/aromatic N) is 2. The fourth-order valence-electron chi connectivity index (χ4n) is 7.38. The molecule has 2 atom stereocenters. The molecule has 0 saturated carbocycles. The summed E-state index contributed by atoms with van der Waals surface area (Å²) in [6, 6.07) is 44.5. The molecule has 2 unspecified atom stereocenters. The number of hydrogen-bond acceptors (Lipinski definition) is 1. The van der Waals surface area contributed by atoms with E-state index in [4.69, 9.17) is 0 Å². The fourth-order valence-corrected chi connectivity index (χ4v) is 7.38. The average molecular weight is 572 g/mol. The molecule has 3 heterocycles. The van der Waals surface area contributed by atoms with E-state index >= 15 is 0 Å². The minimum atomic E-state index is 0.00305. The van der Waals surface area contributed by atoms with E-state index in [2.05, 4.69) is 165 Å². The van der Waals surface area contributed by atoms with Gasteiger partial charge in [0.05, 0.1) is 11.0 Å². The first-order valence-corrected chi connectivity index (χ1v) is 15.8. The molecule has 4 aromatic carbocycles. The molecule has 0 saturated heterocycles. The highest BCUT2D eigenvalue weighted by molar-refractivity contribution is 5.83. The van der Waals surface area contributed by atoms with Crippen molar-refractivity contribution in [2.75, 3.05) is 0 Å². The maximum absolute atomic E-state index is 4.25. The summed E-state index contributed by atoms with van der Waals surface area (Å²) in [5.41, 5.74) is 13.8. The van der Waals surface area contributed by atoms with Crippen LogP contribution in [0.25, 0.3) is 55.8 Å². The van der Waals surface area contributed by atoms with Crippen molar-refractivity contribution in [2.45, 2.75) is 51.5 Å². The normalized spacial score (nSPS) is 18.8. The van der Waals surface area contributed by atoms with E-state index in [0.29, 0.717) is 0 Å². The van der Waals surface area contributed by atoms with Gasteiger partial charge in [-0.25, -0.2) is 0 Å². The minimum Gasteiger partial charge on any atom is -0.265 e. The molecule has 2 nitrogen and oxygen atoms in total. The van der Waals surface area contributed by atoms with Crippen molar-refractivity contribution in [3.05, 3.63) is 145 Å². The molecule has 2 heteroatoms. The molecule has 6 aromatic rings. The van der Waals surface area contributed by atoms with Gasteiger partial charge in [-0.3, -0.25) is 4.98 Å². The monoisotopic (exact) mass is 571 g/mol. The molecule has 7 rings (SSSR count). The largest absolute Gasteiger partial charge is 0.265 e. The number of rotatable bonds is 6. The van der Waals surface area contributed by atoms with Gasteiger partial charge >= 0.3 is 0 Å². The molecule has 0 N–H and O–H groups in total. The molecule has 216 valence electrons. The van der Waals surface area contributed by atoms with Crippen molar-refractivity contribution in [1.82, 2.24) is 4.98 Å². The Kier molecular flexibility index (Phi) is 7.01. The molecule has 2 aromatic heterocycles. The second kappa shape index (κ2) is 11.0. The van der Waals surface area contributed by atoms with Gasteiger partial charge in [0.2, 0.25) is 5.69 Å². The van der Waals surface area contributed by atoms with Crippen LogP contribution in [0.2, 0.25) is 0 Å². The van der Waals surface area contributed by atoms with Crippen molar-refractivity contribution in [3.63, 3.8) is 0 Å². The van der Waals surface area contributed by atoms with Crippen LogP contribution in [0.5, 0.6) is 0 Å². The van der Waals surface area contributed by atoms with Crippen molar-refractivity contribution >= 4 is 0 Å². The molecule has 0 spiro atoms.